The minimum Gasteiger partial charge on any atom is -0.384 e. The van der Waals surface area contributed by atoms with E-state index in [1.165, 1.54) is 19.1 Å². The SMILES string of the molecule is CC/C(=C\c1ccccc1)[C@H]1C[C@@H]1NC1CCN(CCNS(=O)(=O)CCOC)CC1. The van der Waals surface area contributed by atoms with E-state index in [1.54, 1.807) is 5.57 Å². The molecule has 6 nitrogen and oxygen atoms in total. The van der Waals surface area contributed by atoms with E-state index in [-0.39, 0.29) is 12.4 Å². The Labute approximate surface area is 182 Å². The van der Waals surface area contributed by atoms with Crippen LogP contribution in [-0.2, 0) is 14.8 Å². The second-order valence-corrected chi connectivity index (χ2v) is 10.3. The molecule has 3 rings (SSSR count). The standard InChI is InChI=1S/C23H37N3O3S/c1-3-20(17-19-7-5-4-6-8-19)22-18-23(22)25-21-9-12-26(13-10-21)14-11-24-30(27,28)16-15-29-2/h4-8,17,21-25H,3,9-16,18H2,1-2H3/b20-17+/t22-,23+/m1/s1. The van der Waals surface area contributed by atoms with Gasteiger partial charge in [0.05, 0.1) is 12.4 Å². The fraction of sp³-hybridized carbons (Fsp3) is 0.652. The maximum Gasteiger partial charge on any atom is 0.213 e. The molecular weight excluding hydrogens is 398 g/mol. The highest BCUT2D eigenvalue weighted by Crippen LogP contribution is 2.40. The van der Waals surface area contributed by atoms with Gasteiger partial charge in [-0.2, -0.15) is 0 Å². The van der Waals surface area contributed by atoms with Gasteiger partial charge < -0.3 is 15.0 Å². The van der Waals surface area contributed by atoms with Crippen LogP contribution in [0.25, 0.3) is 6.08 Å². The smallest absolute Gasteiger partial charge is 0.213 e. The van der Waals surface area contributed by atoms with E-state index < -0.39 is 10.0 Å². The van der Waals surface area contributed by atoms with Crippen LogP contribution in [0.4, 0.5) is 0 Å². The van der Waals surface area contributed by atoms with Gasteiger partial charge in [0.1, 0.15) is 0 Å². The molecule has 7 heteroatoms. The highest BCUT2D eigenvalue weighted by Gasteiger charge is 2.40. The lowest BCUT2D eigenvalue weighted by Crippen LogP contribution is -2.45. The number of nitrogens with zero attached hydrogens (tertiary/aromatic N) is 1. The fourth-order valence-electron chi connectivity index (χ4n) is 4.27. The summed E-state index contributed by atoms with van der Waals surface area (Å²) in [5.74, 6) is 0.700. The Balaban J connectivity index is 1.35. The number of sulfonamides is 1. The number of ether oxygens (including phenoxy) is 1. The first kappa shape index (κ1) is 23.4. The van der Waals surface area contributed by atoms with Gasteiger partial charge in [-0.1, -0.05) is 48.9 Å². The third-order valence-corrected chi connectivity index (χ3v) is 7.52. The summed E-state index contributed by atoms with van der Waals surface area (Å²) in [4.78, 5) is 2.36. The zero-order chi connectivity index (χ0) is 21.4. The molecule has 2 atom stereocenters. The summed E-state index contributed by atoms with van der Waals surface area (Å²) in [6.45, 7) is 5.77. The van der Waals surface area contributed by atoms with Crippen molar-refractivity contribution in [1.29, 1.82) is 0 Å². The molecular formula is C23H37N3O3S. The number of hydrogen-bond donors (Lipinski definition) is 2. The predicted molar refractivity (Wildman–Crippen MR) is 123 cm³/mol. The van der Waals surface area contributed by atoms with Gasteiger partial charge in [0, 0.05) is 32.3 Å². The van der Waals surface area contributed by atoms with Crippen LogP contribution < -0.4 is 10.0 Å². The van der Waals surface area contributed by atoms with Crippen LogP contribution in [0.2, 0.25) is 0 Å². The van der Waals surface area contributed by atoms with Gasteiger partial charge in [0.15, 0.2) is 0 Å². The van der Waals surface area contributed by atoms with E-state index in [4.69, 9.17) is 4.74 Å². The van der Waals surface area contributed by atoms with E-state index in [2.05, 4.69) is 58.3 Å². The molecule has 1 saturated carbocycles. The van der Waals surface area contributed by atoms with Gasteiger partial charge in [-0.25, -0.2) is 13.1 Å². The Morgan fingerprint density at radius 3 is 2.63 bits per heavy atom. The Hall–Kier alpha value is -1.25. The maximum atomic E-state index is 11.8. The summed E-state index contributed by atoms with van der Waals surface area (Å²) in [6.07, 6.45) is 6.97. The number of hydrogen-bond acceptors (Lipinski definition) is 5. The third-order valence-electron chi connectivity index (χ3n) is 6.17. The van der Waals surface area contributed by atoms with E-state index in [1.807, 2.05) is 0 Å². The molecule has 1 aliphatic carbocycles. The zero-order valence-corrected chi connectivity index (χ0v) is 19.2. The first-order valence-electron chi connectivity index (χ1n) is 11.2. The molecule has 2 N–H and O–H groups in total. The second-order valence-electron chi connectivity index (χ2n) is 8.42. The summed E-state index contributed by atoms with van der Waals surface area (Å²) in [7, 11) is -1.71. The van der Waals surface area contributed by atoms with Crippen LogP contribution in [0.5, 0.6) is 0 Å². The van der Waals surface area contributed by atoms with Crippen LogP contribution in [0.3, 0.4) is 0 Å². The number of methoxy groups -OCH3 is 1. The topological polar surface area (TPSA) is 70.7 Å². The highest BCUT2D eigenvalue weighted by atomic mass is 32.2. The molecule has 1 aliphatic heterocycles. The van der Waals surface area contributed by atoms with Crippen LogP contribution in [-0.4, -0.2) is 71.0 Å². The molecule has 1 aromatic rings. The molecule has 0 radical (unpaired) electrons. The van der Waals surface area contributed by atoms with Gasteiger partial charge >= 0.3 is 0 Å². The van der Waals surface area contributed by atoms with E-state index in [0.29, 0.717) is 24.5 Å². The molecule has 0 bridgehead atoms. The summed E-state index contributed by atoms with van der Waals surface area (Å²) in [6, 6.07) is 11.8. The van der Waals surface area contributed by atoms with Gasteiger partial charge in [-0.3, -0.25) is 0 Å². The monoisotopic (exact) mass is 435 g/mol. The zero-order valence-electron chi connectivity index (χ0n) is 18.3. The average Bonchev–Trinajstić information content (AvgIpc) is 3.51. The average molecular weight is 436 g/mol. The molecule has 0 amide bonds. The number of benzene rings is 1. The molecule has 0 spiro atoms. The quantitative estimate of drug-likeness (QED) is 0.528. The molecule has 1 aromatic carbocycles. The van der Waals surface area contributed by atoms with Crippen molar-refractivity contribution in [2.75, 3.05) is 45.6 Å². The predicted octanol–water partition coefficient (Wildman–Crippen LogP) is 2.49. The van der Waals surface area contributed by atoms with Crippen LogP contribution in [0.15, 0.2) is 35.9 Å². The molecule has 168 valence electrons. The summed E-state index contributed by atoms with van der Waals surface area (Å²) < 4.78 is 31.1. The van der Waals surface area contributed by atoms with Gasteiger partial charge in [0.25, 0.3) is 0 Å². The maximum absolute atomic E-state index is 11.8. The van der Waals surface area contributed by atoms with Crippen molar-refractivity contribution in [1.82, 2.24) is 14.9 Å². The Kier molecular flexibility index (Phi) is 8.89. The van der Waals surface area contributed by atoms with Crippen molar-refractivity contribution in [2.45, 2.75) is 44.7 Å². The molecule has 2 aliphatic rings. The van der Waals surface area contributed by atoms with Crippen molar-refractivity contribution in [3.8, 4) is 0 Å². The third kappa shape index (κ3) is 7.46. The lowest BCUT2D eigenvalue weighted by atomic mass is 10.0. The van der Waals surface area contributed by atoms with Crippen molar-refractivity contribution < 1.29 is 13.2 Å². The van der Waals surface area contributed by atoms with Crippen LogP contribution in [0, 0.1) is 5.92 Å². The van der Waals surface area contributed by atoms with Crippen molar-refractivity contribution in [3.05, 3.63) is 41.5 Å². The Morgan fingerprint density at radius 2 is 1.97 bits per heavy atom. The minimum absolute atomic E-state index is 0.0243. The largest absolute Gasteiger partial charge is 0.384 e. The van der Waals surface area contributed by atoms with Gasteiger partial charge in [0.2, 0.25) is 10.0 Å². The molecule has 30 heavy (non-hydrogen) atoms. The Bertz CT molecular complexity index is 774. The molecule has 0 aromatic heterocycles. The lowest BCUT2D eigenvalue weighted by molar-refractivity contribution is 0.199. The second kappa shape index (κ2) is 11.4. The number of rotatable bonds is 12. The summed E-state index contributed by atoms with van der Waals surface area (Å²) >= 11 is 0. The highest BCUT2D eigenvalue weighted by molar-refractivity contribution is 7.89. The molecule has 0 unspecified atom stereocenters. The molecule has 2 fully saturated rings. The minimum atomic E-state index is -3.22. The summed E-state index contributed by atoms with van der Waals surface area (Å²) in [5, 5.41) is 3.87. The Morgan fingerprint density at radius 1 is 1.23 bits per heavy atom. The van der Waals surface area contributed by atoms with Crippen molar-refractivity contribution in [2.24, 2.45) is 5.92 Å². The number of piperidine rings is 1. The van der Waals surface area contributed by atoms with Crippen molar-refractivity contribution >= 4 is 16.1 Å². The normalized spacial score (nSPS) is 23.6. The molecule has 1 heterocycles. The van der Waals surface area contributed by atoms with E-state index >= 15 is 0 Å². The van der Waals surface area contributed by atoms with E-state index in [0.717, 1.165) is 38.9 Å². The van der Waals surface area contributed by atoms with Crippen molar-refractivity contribution in [3.63, 3.8) is 0 Å². The summed E-state index contributed by atoms with van der Waals surface area (Å²) in [5.41, 5.74) is 2.85. The molecule has 1 saturated heterocycles. The fourth-order valence-corrected chi connectivity index (χ4v) is 5.21. The van der Waals surface area contributed by atoms with Gasteiger partial charge in [-0.05, 0) is 50.3 Å². The van der Waals surface area contributed by atoms with Crippen LogP contribution >= 0.6 is 0 Å². The number of likely N-dealkylation sites (tertiary alicyclic amines) is 1. The van der Waals surface area contributed by atoms with Crippen LogP contribution in [0.1, 0.15) is 38.2 Å². The number of nitrogens with one attached hydrogen (secondary N) is 2. The van der Waals surface area contributed by atoms with E-state index in [9.17, 15) is 8.42 Å². The first-order valence-corrected chi connectivity index (χ1v) is 12.9. The van der Waals surface area contributed by atoms with Gasteiger partial charge in [-0.15, -0.1) is 0 Å². The first-order chi connectivity index (χ1) is 14.5. The lowest BCUT2D eigenvalue weighted by Gasteiger charge is -2.32.